The van der Waals surface area contributed by atoms with Crippen LogP contribution in [0.15, 0.2) is 48.5 Å². The number of carbonyl (C=O) groups is 1. The highest BCUT2D eigenvalue weighted by Gasteiger charge is 2.10. The molecule has 0 aromatic heterocycles. The molecule has 0 aliphatic rings. The Morgan fingerprint density at radius 3 is 2.50 bits per heavy atom. The van der Waals surface area contributed by atoms with Crippen LogP contribution in [-0.4, -0.2) is 22.7 Å². The van der Waals surface area contributed by atoms with E-state index in [9.17, 15) is 19.4 Å². The van der Waals surface area contributed by atoms with Gasteiger partial charge in [-0.15, -0.1) is 0 Å². The number of phenols is 1. The predicted octanol–water partition coefficient (Wildman–Crippen LogP) is 2.31. The number of aliphatic hydroxyl groups is 1. The zero-order chi connectivity index (χ0) is 15.9. The Balaban J connectivity index is 1.78. The largest absolute Gasteiger partial charge is 0.508 e. The number of carbonyl (C=O) groups excluding carboxylic acids is 1. The maximum atomic E-state index is 12.8. The fraction of sp³-hybridized carbons (Fsp3) is 0.235. The zero-order valence-electron chi connectivity index (χ0n) is 12.0. The van der Waals surface area contributed by atoms with E-state index >= 15 is 0 Å². The van der Waals surface area contributed by atoms with Gasteiger partial charge in [0.1, 0.15) is 11.6 Å². The average Bonchev–Trinajstić information content (AvgIpc) is 2.52. The molecule has 0 heterocycles. The van der Waals surface area contributed by atoms with Gasteiger partial charge in [0.2, 0.25) is 5.91 Å². The van der Waals surface area contributed by atoms with Crippen LogP contribution in [0.5, 0.6) is 5.75 Å². The Labute approximate surface area is 128 Å². The molecular weight excluding hydrogens is 285 g/mol. The summed E-state index contributed by atoms with van der Waals surface area (Å²) in [5.74, 6) is -0.422. The molecule has 22 heavy (non-hydrogen) atoms. The van der Waals surface area contributed by atoms with Crippen molar-refractivity contribution in [2.45, 2.75) is 18.9 Å². The number of para-hydroxylation sites is 1. The molecule has 0 fully saturated rings. The smallest absolute Gasteiger partial charge is 0.220 e. The minimum atomic E-state index is -0.880. The van der Waals surface area contributed by atoms with Crippen molar-refractivity contribution in [2.24, 2.45) is 0 Å². The van der Waals surface area contributed by atoms with Crippen molar-refractivity contribution in [1.29, 1.82) is 0 Å². The van der Waals surface area contributed by atoms with E-state index in [-0.39, 0.29) is 30.4 Å². The molecule has 1 unspecified atom stereocenters. The molecule has 0 aliphatic heterocycles. The fourth-order valence-corrected chi connectivity index (χ4v) is 2.07. The van der Waals surface area contributed by atoms with E-state index < -0.39 is 6.10 Å². The Kier molecular flexibility index (Phi) is 5.49. The topological polar surface area (TPSA) is 69.6 Å². The molecule has 0 saturated carbocycles. The molecule has 3 N–H and O–H groups in total. The van der Waals surface area contributed by atoms with Crippen LogP contribution in [0.2, 0.25) is 0 Å². The highest BCUT2D eigenvalue weighted by molar-refractivity contribution is 5.76. The van der Waals surface area contributed by atoms with Crippen LogP contribution >= 0.6 is 0 Å². The summed E-state index contributed by atoms with van der Waals surface area (Å²) in [5.41, 5.74) is 1.25. The Morgan fingerprint density at radius 1 is 1.14 bits per heavy atom. The number of aryl methyl sites for hydroxylation is 1. The SMILES string of the molecule is O=C(CCc1ccccc1O)NCC(O)c1ccc(F)cc1. The van der Waals surface area contributed by atoms with Gasteiger partial charge in [-0.25, -0.2) is 4.39 Å². The Bertz CT molecular complexity index is 628. The second-order valence-electron chi connectivity index (χ2n) is 5.00. The molecule has 0 spiro atoms. The lowest BCUT2D eigenvalue weighted by Gasteiger charge is -2.12. The van der Waals surface area contributed by atoms with Crippen LogP contribution < -0.4 is 5.32 Å². The number of halogens is 1. The molecule has 2 rings (SSSR count). The molecule has 4 nitrogen and oxygen atoms in total. The maximum absolute atomic E-state index is 12.8. The number of phenolic OH excluding ortho intramolecular Hbond substituents is 1. The molecule has 2 aromatic carbocycles. The second kappa shape index (κ2) is 7.56. The van der Waals surface area contributed by atoms with Gasteiger partial charge in [0, 0.05) is 13.0 Å². The van der Waals surface area contributed by atoms with Crippen molar-refractivity contribution in [3.05, 3.63) is 65.5 Å². The number of nitrogens with one attached hydrogen (secondary N) is 1. The molecule has 116 valence electrons. The summed E-state index contributed by atoms with van der Waals surface area (Å²) in [6.07, 6.45) is -0.242. The average molecular weight is 303 g/mol. The first-order chi connectivity index (χ1) is 10.6. The first kappa shape index (κ1) is 16.0. The summed E-state index contributed by atoms with van der Waals surface area (Å²) in [5, 5.41) is 22.1. The molecule has 0 radical (unpaired) electrons. The molecule has 2 aromatic rings. The minimum absolute atomic E-state index is 0.0608. The van der Waals surface area contributed by atoms with E-state index in [1.54, 1.807) is 24.3 Å². The van der Waals surface area contributed by atoms with Gasteiger partial charge in [0.15, 0.2) is 0 Å². The predicted molar refractivity (Wildman–Crippen MR) is 80.8 cm³/mol. The second-order valence-corrected chi connectivity index (χ2v) is 5.00. The first-order valence-corrected chi connectivity index (χ1v) is 7.03. The Hall–Kier alpha value is -2.40. The quantitative estimate of drug-likeness (QED) is 0.767. The highest BCUT2D eigenvalue weighted by Crippen LogP contribution is 2.17. The number of aliphatic hydroxyl groups excluding tert-OH is 1. The van der Waals surface area contributed by atoms with Crippen LogP contribution in [0, 0.1) is 5.82 Å². The lowest BCUT2D eigenvalue weighted by molar-refractivity contribution is -0.121. The number of amides is 1. The van der Waals surface area contributed by atoms with E-state index in [2.05, 4.69) is 5.32 Å². The summed E-state index contributed by atoms with van der Waals surface area (Å²) in [7, 11) is 0. The van der Waals surface area contributed by atoms with Gasteiger partial charge in [-0.3, -0.25) is 4.79 Å². The summed E-state index contributed by atoms with van der Waals surface area (Å²) in [6.45, 7) is 0.0608. The molecule has 5 heteroatoms. The summed E-state index contributed by atoms with van der Waals surface area (Å²) in [4.78, 5) is 11.8. The van der Waals surface area contributed by atoms with Gasteiger partial charge in [-0.05, 0) is 35.7 Å². The lowest BCUT2D eigenvalue weighted by Crippen LogP contribution is -2.28. The summed E-state index contributed by atoms with van der Waals surface area (Å²) >= 11 is 0. The fourth-order valence-electron chi connectivity index (χ4n) is 2.07. The lowest BCUT2D eigenvalue weighted by atomic mass is 10.1. The number of aromatic hydroxyl groups is 1. The van der Waals surface area contributed by atoms with Crippen LogP contribution in [0.3, 0.4) is 0 Å². The van der Waals surface area contributed by atoms with Crippen LogP contribution in [0.1, 0.15) is 23.7 Å². The van der Waals surface area contributed by atoms with Gasteiger partial charge in [0.05, 0.1) is 6.10 Å². The van der Waals surface area contributed by atoms with E-state index in [0.717, 1.165) is 0 Å². The summed E-state index contributed by atoms with van der Waals surface area (Å²) in [6, 6.07) is 12.3. The molecule has 1 atom stereocenters. The van der Waals surface area contributed by atoms with Gasteiger partial charge in [0.25, 0.3) is 0 Å². The van der Waals surface area contributed by atoms with Crippen molar-refractivity contribution in [3.8, 4) is 5.75 Å². The van der Waals surface area contributed by atoms with Crippen LogP contribution in [0.25, 0.3) is 0 Å². The van der Waals surface area contributed by atoms with Crippen molar-refractivity contribution in [3.63, 3.8) is 0 Å². The third-order valence-electron chi connectivity index (χ3n) is 3.36. The zero-order valence-corrected chi connectivity index (χ0v) is 12.0. The normalized spacial score (nSPS) is 11.9. The molecule has 0 aliphatic carbocycles. The number of benzene rings is 2. The van der Waals surface area contributed by atoms with E-state index in [1.165, 1.54) is 24.3 Å². The third-order valence-corrected chi connectivity index (χ3v) is 3.36. The van der Waals surface area contributed by atoms with Crippen molar-refractivity contribution >= 4 is 5.91 Å². The minimum Gasteiger partial charge on any atom is -0.508 e. The van der Waals surface area contributed by atoms with Gasteiger partial charge < -0.3 is 15.5 Å². The van der Waals surface area contributed by atoms with Crippen molar-refractivity contribution in [2.75, 3.05) is 6.54 Å². The molecular formula is C17H18FNO3. The van der Waals surface area contributed by atoms with Gasteiger partial charge in [-0.2, -0.15) is 0 Å². The number of hydrogen-bond donors (Lipinski definition) is 3. The molecule has 1 amide bonds. The van der Waals surface area contributed by atoms with E-state index in [1.807, 2.05) is 0 Å². The van der Waals surface area contributed by atoms with Crippen molar-refractivity contribution in [1.82, 2.24) is 5.32 Å². The molecule has 0 saturated heterocycles. The van der Waals surface area contributed by atoms with Crippen molar-refractivity contribution < 1.29 is 19.4 Å². The third kappa shape index (κ3) is 4.56. The summed E-state index contributed by atoms with van der Waals surface area (Å²) < 4.78 is 12.8. The Morgan fingerprint density at radius 2 is 1.82 bits per heavy atom. The van der Waals surface area contributed by atoms with Gasteiger partial charge >= 0.3 is 0 Å². The monoisotopic (exact) mass is 303 g/mol. The van der Waals surface area contributed by atoms with Crippen LogP contribution in [0.4, 0.5) is 4.39 Å². The van der Waals surface area contributed by atoms with E-state index in [0.29, 0.717) is 17.5 Å². The maximum Gasteiger partial charge on any atom is 0.220 e. The first-order valence-electron chi connectivity index (χ1n) is 7.03. The van der Waals surface area contributed by atoms with E-state index in [4.69, 9.17) is 0 Å². The standard InChI is InChI=1S/C17H18FNO3/c18-14-8-5-13(6-9-14)16(21)11-19-17(22)10-7-12-3-1-2-4-15(12)20/h1-6,8-9,16,20-21H,7,10-11H2,(H,19,22). The van der Waals surface area contributed by atoms with Gasteiger partial charge in [-0.1, -0.05) is 30.3 Å². The van der Waals surface area contributed by atoms with Crippen LogP contribution in [-0.2, 0) is 11.2 Å². The number of hydrogen-bond acceptors (Lipinski definition) is 3. The number of rotatable bonds is 6. The molecule has 0 bridgehead atoms. The highest BCUT2D eigenvalue weighted by atomic mass is 19.1.